The third kappa shape index (κ3) is 3.48. The lowest BCUT2D eigenvalue weighted by atomic mass is 9.89. The molecule has 2 fully saturated rings. The third-order valence-corrected chi connectivity index (χ3v) is 4.60. The third-order valence-electron chi connectivity index (χ3n) is 4.60. The first-order valence-electron chi connectivity index (χ1n) is 7.07. The van der Waals surface area contributed by atoms with Crippen molar-refractivity contribution in [3.8, 4) is 0 Å². The molecule has 2 rings (SSSR count). The first-order chi connectivity index (χ1) is 7.36. The van der Waals surface area contributed by atoms with Crippen LogP contribution in [0.15, 0.2) is 0 Å². The molecule has 0 saturated heterocycles. The van der Waals surface area contributed by atoms with E-state index < -0.39 is 0 Å². The van der Waals surface area contributed by atoms with Crippen molar-refractivity contribution >= 4 is 0 Å². The van der Waals surface area contributed by atoms with Crippen LogP contribution in [0.4, 0.5) is 0 Å². The lowest BCUT2D eigenvalue weighted by Crippen LogP contribution is -2.30. The normalized spacial score (nSPS) is 33.4. The van der Waals surface area contributed by atoms with Crippen LogP contribution < -0.4 is 5.32 Å². The SMILES string of the molecule is CC1CCCC1CNCC1CCCCC1. The fraction of sp³-hybridized carbons (Fsp3) is 1.00. The summed E-state index contributed by atoms with van der Waals surface area (Å²) in [5.41, 5.74) is 0. The molecule has 0 aliphatic heterocycles. The molecule has 0 heterocycles. The van der Waals surface area contributed by atoms with Gasteiger partial charge in [-0.05, 0) is 50.1 Å². The summed E-state index contributed by atoms with van der Waals surface area (Å²) in [7, 11) is 0. The molecule has 2 aliphatic rings. The Bertz CT molecular complexity index is 172. The fourth-order valence-electron chi connectivity index (χ4n) is 3.39. The summed E-state index contributed by atoms with van der Waals surface area (Å²) >= 11 is 0. The molecule has 1 N–H and O–H groups in total. The summed E-state index contributed by atoms with van der Waals surface area (Å²) in [6.45, 7) is 5.01. The van der Waals surface area contributed by atoms with Crippen molar-refractivity contribution in [2.24, 2.45) is 17.8 Å². The molecule has 0 amide bonds. The van der Waals surface area contributed by atoms with E-state index >= 15 is 0 Å². The van der Waals surface area contributed by atoms with Crippen LogP contribution in [-0.2, 0) is 0 Å². The molecule has 15 heavy (non-hydrogen) atoms. The fourth-order valence-corrected chi connectivity index (χ4v) is 3.39. The molecule has 2 atom stereocenters. The van der Waals surface area contributed by atoms with Crippen molar-refractivity contribution in [1.82, 2.24) is 5.32 Å². The van der Waals surface area contributed by atoms with Crippen LogP contribution in [0.1, 0.15) is 58.3 Å². The van der Waals surface area contributed by atoms with E-state index in [-0.39, 0.29) is 0 Å². The largest absolute Gasteiger partial charge is 0.316 e. The highest BCUT2D eigenvalue weighted by Crippen LogP contribution is 2.30. The summed E-state index contributed by atoms with van der Waals surface area (Å²) < 4.78 is 0. The highest BCUT2D eigenvalue weighted by molar-refractivity contribution is 4.77. The van der Waals surface area contributed by atoms with Crippen molar-refractivity contribution < 1.29 is 0 Å². The molecule has 2 aliphatic carbocycles. The first-order valence-corrected chi connectivity index (χ1v) is 7.07. The molecule has 2 saturated carbocycles. The van der Waals surface area contributed by atoms with E-state index in [0.29, 0.717) is 0 Å². The lowest BCUT2D eigenvalue weighted by Gasteiger charge is -2.23. The second kappa shape index (κ2) is 5.89. The van der Waals surface area contributed by atoms with Crippen LogP contribution in [0.5, 0.6) is 0 Å². The van der Waals surface area contributed by atoms with Crippen LogP contribution in [0, 0.1) is 17.8 Å². The zero-order chi connectivity index (χ0) is 10.5. The van der Waals surface area contributed by atoms with E-state index in [0.717, 1.165) is 17.8 Å². The molecule has 0 bridgehead atoms. The van der Waals surface area contributed by atoms with Crippen LogP contribution >= 0.6 is 0 Å². The maximum atomic E-state index is 3.73. The maximum absolute atomic E-state index is 3.73. The minimum Gasteiger partial charge on any atom is -0.316 e. The number of nitrogens with one attached hydrogen (secondary N) is 1. The summed E-state index contributed by atoms with van der Waals surface area (Å²) in [6, 6.07) is 0. The quantitative estimate of drug-likeness (QED) is 0.746. The zero-order valence-electron chi connectivity index (χ0n) is 10.3. The van der Waals surface area contributed by atoms with Crippen molar-refractivity contribution in [2.75, 3.05) is 13.1 Å². The van der Waals surface area contributed by atoms with Gasteiger partial charge in [0, 0.05) is 0 Å². The summed E-state index contributed by atoms with van der Waals surface area (Å²) in [6.07, 6.45) is 11.8. The molecule has 88 valence electrons. The van der Waals surface area contributed by atoms with Gasteiger partial charge in [0.2, 0.25) is 0 Å². The van der Waals surface area contributed by atoms with E-state index in [4.69, 9.17) is 0 Å². The van der Waals surface area contributed by atoms with E-state index in [2.05, 4.69) is 12.2 Å². The molecule has 0 radical (unpaired) electrons. The zero-order valence-corrected chi connectivity index (χ0v) is 10.3. The Morgan fingerprint density at radius 2 is 1.67 bits per heavy atom. The van der Waals surface area contributed by atoms with Gasteiger partial charge in [0.05, 0.1) is 0 Å². The molecule has 1 nitrogen and oxygen atoms in total. The van der Waals surface area contributed by atoms with Crippen molar-refractivity contribution in [2.45, 2.75) is 58.3 Å². The predicted molar refractivity (Wildman–Crippen MR) is 65.9 cm³/mol. The average molecular weight is 209 g/mol. The maximum Gasteiger partial charge on any atom is -0.00179 e. The monoisotopic (exact) mass is 209 g/mol. The van der Waals surface area contributed by atoms with Gasteiger partial charge in [-0.3, -0.25) is 0 Å². The molecule has 0 aromatic carbocycles. The minimum absolute atomic E-state index is 0.976. The minimum atomic E-state index is 0.976. The van der Waals surface area contributed by atoms with Gasteiger partial charge in [0.15, 0.2) is 0 Å². The van der Waals surface area contributed by atoms with Crippen LogP contribution in [0.25, 0.3) is 0 Å². The Labute approximate surface area is 95.0 Å². The number of rotatable bonds is 4. The predicted octanol–water partition coefficient (Wildman–Crippen LogP) is 3.59. The molecule has 1 heteroatoms. The summed E-state index contributed by atoms with van der Waals surface area (Å²) in [5, 5.41) is 3.73. The van der Waals surface area contributed by atoms with Gasteiger partial charge < -0.3 is 5.32 Å². The Kier molecular flexibility index (Phi) is 4.49. The van der Waals surface area contributed by atoms with Gasteiger partial charge in [-0.1, -0.05) is 39.0 Å². The van der Waals surface area contributed by atoms with E-state index in [9.17, 15) is 0 Å². The topological polar surface area (TPSA) is 12.0 Å². The lowest BCUT2D eigenvalue weighted by molar-refractivity contribution is 0.319. The van der Waals surface area contributed by atoms with Crippen molar-refractivity contribution in [3.05, 3.63) is 0 Å². The Hall–Kier alpha value is -0.0400. The van der Waals surface area contributed by atoms with Crippen molar-refractivity contribution in [3.63, 3.8) is 0 Å². The molecule has 0 aromatic heterocycles. The molecule has 2 unspecified atom stereocenters. The van der Waals surface area contributed by atoms with Gasteiger partial charge >= 0.3 is 0 Å². The molecule has 0 spiro atoms. The van der Waals surface area contributed by atoms with Crippen LogP contribution in [0.3, 0.4) is 0 Å². The van der Waals surface area contributed by atoms with Crippen LogP contribution in [-0.4, -0.2) is 13.1 Å². The second-order valence-electron chi connectivity index (χ2n) is 5.83. The second-order valence-corrected chi connectivity index (χ2v) is 5.83. The summed E-state index contributed by atoms with van der Waals surface area (Å²) in [4.78, 5) is 0. The van der Waals surface area contributed by atoms with Crippen molar-refractivity contribution in [1.29, 1.82) is 0 Å². The smallest absolute Gasteiger partial charge is 0.00179 e. The Morgan fingerprint density at radius 1 is 0.867 bits per heavy atom. The van der Waals surface area contributed by atoms with Gasteiger partial charge in [0.1, 0.15) is 0 Å². The highest BCUT2D eigenvalue weighted by atomic mass is 14.9. The molecule has 0 aromatic rings. The average Bonchev–Trinajstić information content (AvgIpc) is 2.66. The Morgan fingerprint density at radius 3 is 2.33 bits per heavy atom. The Balaban J connectivity index is 1.57. The van der Waals surface area contributed by atoms with Gasteiger partial charge in [-0.15, -0.1) is 0 Å². The standard InChI is InChI=1S/C14H27N/c1-12-6-5-9-14(12)11-15-10-13-7-3-2-4-8-13/h12-15H,2-11H2,1H3. The number of hydrogen-bond donors (Lipinski definition) is 1. The summed E-state index contributed by atoms with van der Waals surface area (Å²) in [5.74, 6) is 2.95. The van der Waals surface area contributed by atoms with E-state index in [1.54, 1.807) is 0 Å². The highest BCUT2D eigenvalue weighted by Gasteiger charge is 2.23. The van der Waals surface area contributed by atoms with Gasteiger partial charge in [0.25, 0.3) is 0 Å². The van der Waals surface area contributed by atoms with Crippen LogP contribution in [0.2, 0.25) is 0 Å². The number of hydrogen-bond acceptors (Lipinski definition) is 1. The molecular weight excluding hydrogens is 182 g/mol. The van der Waals surface area contributed by atoms with Gasteiger partial charge in [-0.25, -0.2) is 0 Å². The molecular formula is C14H27N. The van der Waals surface area contributed by atoms with Gasteiger partial charge in [-0.2, -0.15) is 0 Å². The van der Waals surface area contributed by atoms with E-state index in [1.807, 2.05) is 0 Å². The van der Waals surface area contributed by atoms with E-state index in [1.165, 1.54) is 64.5 Å². The first kappa shape index (κ1) is 11.4.